The molecule has 0 saturated carbocycles. The fourth-order valence-corrected chi connectivity index (χ4v) is 8.65. The first-order valence-electron chi connectivity index (χ1n) is 24.6. The summed E-state index contributed by atoms with van der Waals surface area (Å²) in [5, 5.41) is 15.5. The molecular formula is C49H81N6O13PS. The standard InChI is InChI=1S/C49H81N6O13PS/c1-35(2)26-43(45(58)28-39(27-41-30-51-34-52-41)49(62)54-44(32-56)46(59)29-42(36(3)57)37(4)68-69(63,64)65)53-47(60)31-55(21-14-8-6-5-7-10-16-38-17-11-9-12-18-38)48(61)20-23-67-25-24-66-22-15-13-19-40(50)33-70/h9,11-12,17-18,30,34-35,37,39-40,42-44,56,70H,5-8,10,13-16,19-29,31-33,50H2,1-4H3,(H,51,52)(H,53,60)(H,54,62)(H2,63,64,65)/t37-,39-,40-,42-,43+,44+/m1/s1. The Balaban J connectivity index is 2.12. The number of aliphatic hydroxyl groups excluding tert-OH is 1. The minimum Gasteiger partial charge on any atom is -0.394 e. The number of thiol groups is 1. The van der Waals surface area contributed by atoms with Gasteiger partial charge in [0.1, 0.15) is 11.8 Å². The molecule has 0 aliphatic carbocycles. The number of hydrogen-bond donors (Lipinski definition) is 8. The summed E-state index contributed by atoms with van der Waals surface area (Å²) in [5.41, 5.74) is 7.71. The number of carbonyl (C=O) groups is 6. The van der Waals surface area contributed by atoms with Crippen LogP contribution in [0, 0.1) is 17.8 Å². The average molecular weight is 1030 g/mol. The number of phosphoric acid groups is 1. The molecule has 0 aliphatic heterocycles. The lowest BCUT2D eigenvalue weighted by Crippen LogP contribution is -2.50. The fraction of sp³-hybridized carbons (Fsp3) is 0.694. The second kappa shape index (κ2) is 35.3. The van der Waals surface area contributed by atoms with Gasteiger partial charge in [0.05, 0.1) is 69.7 Å². The lowest BCUT2D eigenvalue weighted by molar-refractivity contribution is -0.138. The van der Waals surface area contributed by atoms with Crippen molar-refractivity contribution in [1.82, 2.24) is 25.5 Å². The van der Waals surface area contributed by atoms with Gasteiger partial charge in [-0.2, -0.15) is 12.6 Å². The number of aryl methyl sites for hydroxylation is 1. The molecule has 2 rings (SSSR count). The van der Waals surface area contributed by atoms with Crippen molar-refractivity contribution in [2.75, 3.05) is 51.9 Å². The topological polar surface area (TPSA) is 290 Å². The molecule has 0 saturated heterocycles. The predicted octanol–water partition coefficient (Wildman–Crippen LogP) is 4.46. The van der Waals surface area contributed by atoms with Crippen molar-refractivity contribution in [3.05, 3.63) is 54.1 Å². The van der Waals surface area contributed by atoms with Crippen LogP contribution in [-0.4, -0.2) is 141 Å². The summed E-state index contributed by atoms with van der Waals surface area (Å²) in [7, 11) is -5.01. The summed E-state index contributed by atoms with van der Waals surface area (Å²) in [4.78, 5) is 108. The summed E-state index contributed by atoms with van der Waals surface area (Å²) in [6.07, 6.45) is 10.2. The monoisotopic (exact) mass is 1020 g/mol. The zero-order chi connectivity index (χ0) is 51.9. The van der Waals surface area contributed by atoms with Crippen molar-refractivity contribution in [2.45, 2.75) is 148 Å². The van der Waals surface area contributed by atoms with Crippen LogP contribution in [-0.2, 0) is 60.2 Å². The molecule has 0 fully saturated rings. The third-order valence-electron chi connectivity index (χ3n) is 11.8. The number of phosphoric ester groups is 1. The Morgan fingerprint density at radius 2 is 1.51 bits per heavy atom. The summed E-state index contributed by atoms with van der Waals surface area (Å²) < 4.78 is 27.4. The number of unbranched alkanes of at least 4 members (excludes halogenated alkanes) is 6. The number of aromatic nitrogens is 2. The number of hydrogen-bond acceptors (Lipinski definition) is 14. The van der Waals surface area contributed by atoms with Crippen LogP contribution in [0.2, 0.25) is 0 Å². The van der Waals surface area contributed by atoms with Gasteiger partial charge in [-0.3, -0.25) is 33.3 Å². The number of aliphatic hydroxyl groups is 1. The maximum Gasteiger partial charge on any atom is 0.469 e. The number of Topliss-reactive ketones (excluding diaryl/α,β-unsaturated/α-hetero) is 3. The number of H-pyrrole nitrogens is 1. The number of aromatic amines is 1. The predicted molar refractivity (Wildman–Crippen MR) is 269 cm³/mol. The lowest BCUT2D eigenvalue weighted by Gasteiger charge is -2.26. The molecule has 3 amide bonds. The van der Waals surface area contributed by atoms with E-state index in [4.69, 9.17) is 15.2 Å². The molecule has 0 unspecified atom stereocenters. The molecule has 21 heteroatoms. The molecule has 0 aliphatic rings. The van der Waals surface area contributed by atoms with Crippen molar-refractivity contribution < 1.29 is 62.2 Å². The molecule has 1 heterocycles. The van der Waals surface area contributed by atoms with Crippen LogP contribution in [0.15, 0.2) is 42.9 Å². The molecule has 70 heavy (non-hydrogen) atoms. The smallest absolute Gasteiger partial charge is 0.394 e. The van der Waals surface area contributed by atoms with Gasteiger partial charge in [-0.05, 0) is 70.3 Å². The molecule has 1 aromatic heterocycles. The molecule has 2 aromatic rings. The highest BCUT2D eigenvalue weighted by Gasteiger charge is 2.35. The van der Waals surface area contributed by atoms with E-state index in [1.807, 2.05) is 32.0 Å². The van der Waals surface area contributed by atoms with Crippen LogP contribution < -0.4 is 16.4 Å². The Morgan fingerprint density at radius 3 is 2.13 bits per heavy atom. The van der Waals surface area contributed by atoms with E-state index in [2.05, 4.69) is 49.9 Å². The number of benzene rings is 1. The first kappa shape index (κ1) is 62.3. The number of nitrogens with two attached hydrogens (primary N) is 1. The number of imidazole rings is 1. The van der Waals surface area contributed by atoms with Crippen LogP contribution in [0.1, 0.15) is 122 Å². The number of amides is 3. The molecule has 0 bridgehead atoms. The van der Waals surface area contributed by atoms with E-state index >= 15 is 0 Å². The van der Waals surface area contributed by atoms with E-state index in [9.17, 15) is 48.2 Å². The van der Waals surface area contributed by atoms with Gasteiger partial charge in [-0.25, -0.2) is 9.55 Å². The van der Waals surface area contributed by atoms with Crippen molar-refractivity contribution in [1.29, 1.82) is 0 Å². The van der Waals surface area contributed by atoms with Gasteiger partial charge in [-0.15, -0.1) is 0 Å². The molecule has 0 spiro atoms. The molecular weight excluding hydrogens is 944 g/mol. The SMILES string of the molecule is CC(=O)[C@@H](CC(=O)[C@H](CO)NC(=O)[C@@H](CC(=O)[C@H](CC(C)C)NC(=O)CN(CCCCCCCCc1ccccc1)C(=O)CCOCCOCCCC[C@@H](N)CS)Cc1cnc[nH]1)[C@@H](C)OP(=O)(O)O. The van der Waals surface area contributed by atoms with Gasteiger partial charge in [0.15, 0.2) is 11.6 Å². The number of ether oxygens (including phenoxy) is 2. The van der Waals surface area contributed by atoms with E-state index in [1.165, 1.54) is 29.9 Å². The van der Waals surface area contributed by atoms with Gasteiger partial charge in [-0.1, -0.05) is 69.9 Å². The number of nitrogens with one attached hydrogen (secondary N) is 3. The van der Waals surface area contributed by atoms with Crippen molar-refractivity contribution >= 4 is 55.5 Å². The molecule has 19 nitrogen and oxygen atoms in total. The van der Waals surface area contributed by atoms with Crippen LogP contribution in [0.3, 0.4) is 0 Å². The second-order valence-electron chi connectivity index (χ2n) is 18.4. The summed E-state index contributed by atoms with van der Waals surface area (Å²) >= 11 is 4.21. The minimum absolute atomic E-state index is 0.0368. The molecule has 0 radical (unpaired) electrons. The number of rotatable bonds is 41. The number of carbonyl (C=O) groups excluding carboxylic acids is 6. The van der Waals surface area contributed by atoms with Gasteiger partial charge in [0, 0.05) is 56.1 Å². The third-order valence-corrected chi connectivity index (χ3v) is 12.9. The lowest BCUT2D eigenvalue weighted by atomic mass is 9.89. The highest BCUT2D eigenvalue weighted by molar-refractivity contribution is 7.80. The van der Waals surface area contributed by atoms with E-state index in [0.29, 0.717) is 44.2 Å². The largest absolute Gasteiger partial charge is 0.469 e. The fourth-order valence-electron chi connectivity index (χ4n) is 7.88. The van der Waals surface area contributed by atoms with E-state index in [-0.39, 0.29) is 50.3 Å². The summed E-state index contributed by atoms with van der Waals surface area (Å²) in [6, 6.07) is 7.85. The molecule has 6 atom stereocenters. The van der Waals surface area contributed by atoms with Crippen molar-refractivity contribution in [3.63, 3.8) is 0 Å². The third kappa shape index (κ3) is 27.7. The Hall–Kier alpha value is -3.85. The van der Waals surface area contributed by atoms with Crippen LogP contribution in [0.25, 0.3) is 0 Å². The van der Waals surface area contributed by atoms with E-state index in [1.54, 1.807) is 0 Å². The Bertz CT molecular complexity index is 1870. The maximum absolute atomic E-state index is 14.1. The zero-order valence-corrected chi connectivity index (χ0v) is 43.4. The molecule has 1 aromatic carbocycles. The Kier molecular flexibility index (Phi) is 31.4. The normalized spacial score (nSPS) is 14.3. The summed E-state index contributed by atoms with van der Waals surface area (Å²) in [5.74, 6) is -5.33. The highest BCUT2D eigenvalue weighted by atomic mass is 32.1. The Labute approximate surface area is 419 Å². The van der Waals surface area contributed by atoms with Gasteiger partial charge in [0.25, 0.3) is 0 Å². The molecule has 8 N–H and O–H groups in total. The number of ketones is 3. The van der Waals surface area contributed by atoms with Crippen LogP contribution in [0.5, 0.6) is 0 Å². The molecule has 396 valence electrons. The van der Waals surface area contributed by atoms with Gasteiger partial charge >= 0.3 is 7.82 Å². The van der Waals surface area contributed by atoms with Gasteiger partial charge < -0.3 is 50.6 Å². The van der Waals surface area contributed by atoms with Crippen molar-refractivity contribution in [2.24, 2.45) is 23.5 Å². The quantitative estimate of drug-likeness (QED) is 0.0259. The first-order valence-corrected chi connectivity index (χ1v) is 26.8. The number of nitrogens with zero attached hydrogens (tertiary/aromatic N) is 2. The highest BCUT2D eigenvalue weighted by Crippen LogP contribution is 2.39. The minimum atomic E-state index is -5.01. The van der Waals surface area contributed by atoms with Crippen LogP contribution in [0.4, 0.5) is 0 Å². The second-order valence-corrected chi connectivity index (χ2v) is 20.0. The van der Waals surface area contributed by atoms with Gasteiger partial charge in [0.2, 0.25) is 17.7 Å². The van der Waals surface area contributed by atoms with E-state index < -0.39 is 86.5 Å². The van der Waals surface area contributed by atoms with Crippen molar-refractivity contribution in [3.8, 4) is 0 Å². The first-order chi connectivity index (χ1) is 33.3. The summed E-state index contributed by atoms with van der Waals surface area (Å²) in [6.45, 7) is 6.65. The van der Waals surface area contributed by atoms with E-state index in [0.717, 1.165) is 64.7 Å². The van der Waals surface area contributed by atoms with Crippen LogP contribution >= 0.6 is 20.5 Å². The maximum atomic E-state index is 14.1. The average Bonchev–Trinajstić information content (AvgIpc) is 3.82. The Morgan fingerprint density at radius 1 is 0.857 bits per heavy atom. The zero-order valence-electron chi connectivity index (χ0n) is 41.6.